The number of carbonyl (C=O) groups excluding carboxylic acids is 1. The molecule has 6 heteroatoms. The van der Waals surface area contributed by atoms with Crippen molar-refractivity contribution in [3.8, 4) is 0 Å². The molecule has 144 valence electrons. The van der Waals surface area contributed by atoms with Gasteiger partial charge in [0.15, 0.2) is 0 Å². The lowest BCUT2D eigenvalue weighted by atomic mass is 9.88. The van der Waals surface area contributed by atoms with Gasteiger partial charge in [0.25, 0.3) is 0 Å². The second kappa shape index (κ2) is 8.67. The molecule has 1 unspecified atom stereocenters. The molecular weight excluding hydrogens is 360 g/mol. The minimum Gasteiger partial charge on any atom is -0.352 e. The van der Waals surface area contributed by atoms with Gasteiger partial charge in [0, 0.05) is 31.5 Å². The molecular formula is C21H26N2O3S. The summed E-state index contributed by atoms with van der Waals surface area (Å²) >= 11 is 0. The summed E-state index contributed by atoms with van der Waals surface area (Å²) in [6.07, 6.45) is 3.12. The first kappa shape index (κ1) is 19.6. The predicted molar refractivity (Wildman–Crippen MR) is 107 cm³/mol. The zero-order valence-corrected chi connectivity index (χ0v) is 16.4. The van der Waals surface area contributed by atoms with Gasteiger partial charge in [-0.25, -0.2) is 12.7 Å². The fourth-order valence-corrected chi connectivity index (χ4v) is 4.54. The van der Waals surface area contributed by atoms with E-state index in [1.807, 2.05) is 60.7 Å². The summed E-state index contributed by atoms with van der Waals surface area (Å²) < 4.78 is 25.0. The van der Waals surface area contributed by atoms with Gasteiger partial charge < -0.3 is 5.32 Å². The highest BCUT2D eigenvalue weighted by Gasteiger charge is 2.27. The molecule has 1 aliphatic rings. The van der Waals surface area contributed by atoms with Gasteiger partial charge in [-0.1, -0.05) is 60.7 Å². The molecule has 3 rings (SSSR count). The van der Waals surface area contributed by atoms with Crippen LogP contribution in [0.3, 0.4) is 0 Å². The smallest absolute Gasteiger partial charge is 0.221 e. The number of nitrogens with one attached hydrogen (secondary N) is 1. The summed E-state index contributed by atoms with van der Waals surface area (Å²) in [4.78, 5) is 12.7. The van der Waals surface area contributed by atoms with Gasteiger partial charge in [-0.15, -0.1) is 0 Å². The highest BCUT2D eigenvalue weighted by Crippen LogP contribution is 2.28. The van der Waals surface area contributed by atoms with Gasteiger partial charge in [-0.05, 0) is 24.0 Å². The fraction of sp³-hybridized carbons (Fsp3) is 0.381. The fourth-order valence-electron chi connectivity index (χ4n) is 3.63. The average Bonchev–Trinajstić information content (AvgIpc) is 2.67. The molecule has 0 spiro atoms. The van der Waals surface area contributed by atoms with Crippen molar-refractivity contribution in [2.45, 2.75) is 31.2 Å². The molecule has 0 aromatic heterocycles. The second-order valence-corrected chi connectivity index (χ2v) is 9.09. The maximum Gasteiger partial charge on any atom is 0.221 e. The Morgan fingerprint density at radius 1 is 1.07 bits per heavy atom. The molecule has 1 fully saturated rings. The first-order valence-electron chi connectivity index (χ1n) is 9.28. The number of nitrogens with zero attached hydrogens (tertiary/aromatic N) is 1. The topological polar surface area (TPSA) is 66.5 Å². The lowest BCUT2D eigenvalue weighted by molar-refractivity contribution is -0.122. The number of amides is 1. The van der Waals surface area contributed by atoms with Gasteiger partial charge in [0.2, 0.25) is 15.9 Å². The Hall–Kier alpha value is -2.18. The molecule has 2 aromatic carbocycles. The Balaban J connectivity index is 1.70. The van der Waals surface area contributed by atoms with Crippen LogP contribution in [-0.2, 0) is 14.8 Å². The molecule has 1 aliphatic heterocycles. The molecule has 5 nitrogen and oxygen atoms in total. The minimum atomic E-state index is -3.22. The Morgan fingerprint density at radius 3 is 2.15 bits per heavy atom. The lowest BCUT2D eigenvalue weighted by Crippen LogP contribution is -2.49. The number of rotatable bonds is 6. The van der Waals surface area contributed by atoms with Crippen LogP contribution in [0.5, 0.6) is 0 Å². The largest absolute Gasteiger partial charge is 0.352 e. The Labute approximate surface area is 161 Å². The molecule has 0 radical (unpaired) electrons. The van der Waals surface area contributed by atoms with E-state index < -0.39 is 10.0 Å². The van der Waals surface area contributed by atoms with Crippen LogP contribution in [0.1, 0.15) is 36.3 Å². The quantitative estimate of drug-likeness (QED) is 0.830. The lowest BCUT2D eigenvalue weighted by Gasteiger charge is -2.31. The van der Waals surface area contributed by atoms with Crippen molar-refractivity contribution in [3.63, 3.8) is 0 Å². The van der Waals surface area contributed by atoms with Crippen molar-refractivity contribution in [1.82, 2.24) is 9.62 Å². The predicted octanol–water partition coefficient (Wildman–Crippen LogP) is 2.75. The number of sulfonamides is 1. The van der Waals surface area contributed by atoms with E-state index >= 15 is 0 Å². The van der Waals surface area contributed by atoms with Crippen molar-refractivity contribution in [2.75, 3.05) is 19.3 Å². The van der Waals surface area contributed by atoms with E-state index in [1.54, 1.807) is 0 Å². The third-order valence-corrected chi connectivity index (χ3v) is 6.28. The Bertz CT molecular complexity index is 814. The zero-order chi connectivity index (χ0) is 19.3. The summed E-state index contributed by atoms with van der Waals surface area (Å²) in [7, 11) is -3.22. The third kappa shape index (κ3) is 5.40. The van der Waals surface area contributed by atoms with Crippen LogP contribution in [0.2, 0.25) is 0 Å². The van der Waals surface area contributed by atoms with Gasteiger partial charge >= 0.3 is 0 Å². The number of piperidine rings is 1. The van der Waals surface area contributed by atoms with Gasteiger partial charge in [-0.3, -0.25) is 4.79 Å². The average molecular weight is 387 g/mol. The van der Waals surface area contributed by atoms with Crippen LogP contribution in [0.25, 0.3) is 0 Å². The van der Waals surface area contributed by atoms with E-state index in [2.05, 4.69) is 5.32 Å². The summed E-state index contributed by atoms with van der Waals surface area (Å²) in [5.74, 6) is -0.0740. The van der Waals surface area contributed by atoms with Gasteiger partial charge in [0.05, 0.1) is 6.26 Å². The molecule has 1 N–H and O–H groups in total. The molecule has 1 heterocycles. The summed E-state index contributed by atoms with van der Waals surface area (Å²) in [6, 6.07) is 19.9. The molecule has 1 saturated heterocycles. The second-order valence-electron chi connectivity index (χ2n) is 7.11. The first-order valence-corrected chi connectivity index (χ1v) is 11.1. The van der Waals surface area contributed by atoms with Crippen LogP contribution in [0.15, 0.2) is 60.7 Å². The number of hydrogen-bond acceptors (Lipinski definition) is 3. The van der Waals surface area contributed by atoms with E-state index in [0.29, 0.717) is 19.5 Å². The monoisotopic (exact) mass is 386 g/mol. The van der Waals surface area contributed by atoms with Gasteiger partial charge in [0.1, 0.15) is 0 Å². The Morgan fingerprint density at radius 2 is 1.63 bits per heavy atom. The minimum absolute atomic E-state index is 0.0259. The van der Waals surface area contributed by atoms with Crippen LogP contribution in [0, 0.1) is 0 Å². The standard InChI is InChI=1S/C21H26N2O3S/c1-27(25,26)23-14-8-13-19(16-23)22-21(24)15-20(17-9-4-2-5-10-17)18-11-6-3-7-12-18/h2-7,9-12,19-20H,8,13-16H2,1H3,(H,22,24). The van der Waals surface area contributed by atoms with Crippen molar-refractivity contribution in [1.29, 1.82) is 0 Å². The van der Waals surface area contributed by atoms with Crippen LogP contribution in [0.4, 0.5) is 0 Å². The number of hydrogen-bond donors (Lipinski definition) is 1. The zero-order valence-electron chi connectivity index (χ0n) is 15.5. The van der Waals surface area contributed by atoms with Crippen LogP contribution < -0.4 is 5.32 Å². The van der Waals surface area contributed by atoms with Crippen molar-refractivity contribution < 1.29 is 13.2 Å². The molecule has 0 saturated carbocycles. The highest BCUT2D eigenvalue weighted by molar-refractivity contribution is 7.88. The maximum absolute atomic E-state index is 12.7. The summed E-state index contributed by atoms with van der Waals surface area (Å²) in [6.45, 7) is 0.883. The molecule has 1 atom stereocenters. The summed E-state index contributed by atoms with van der Waals surface area (Å²) in [5, 5.41) is 3.05. The van der Waals surface area contributed by atoms with Crippen LogP contribution in [-0.4, -0.2) is 44.0 Å². The van der Waals surface area contributed by atoms with Gasteiger partial charge in [-0.2, -0.15) is 0 Å². The maximum atomic E-state index is 12.7. The highest BCUT2D eigenvalue weighted by atomic mass is 32.2. The summed E-state index contributed by atoms with van der Waals surface area (Å²) in [5.41, 5.74) is 2.19. The molecule has 0 aliphatic carbocycles. The van der Waals surface area contributed by atoms with E-state index in [0.717, 1.165) is 24.0 Å². The first-order chi connectivity index (χ1) is 12.9. The van der Waals surface area contributed by atoms with E-state index in [9.17, 15) is 13.2 Å². The normalized spacial score (nSPS) is 18.4. The van der Waals surface area contributed by atoms with Crippen molar-refractivity contribution in [2.24, 2.45) is 0 Å². The molecule has 2 aromatic rings. The molecule has 0 bridgehead atoms. The molecule has 1 amide bonds. The van der Waals surface area contributed by atoms with E-state index in [-0.39, 0.29) is 17.9 Å². The Kier molecular flexibility index (Phi) is 6.29. The van der Waals surface area contributed by atoms with E-state index in [1.165, 1.54) is 10.6 Å². The third-order valence-electron chi connectivity index (χ3n) is 5.01. The van der Waals surface area contributed by atoms with E-state index in [4.69, 9.17) is 0 Å². The SMILES string of the molecule is CS(=O)(=O)N1CCCC(NC(=O)CC(c2ccccc2)c2ccccc2)C1. The number of benzene rings is 2. The number of carbonyl (C=O) groups is 1. The van der Waals surface area contributed by atoms with Crippen molar-refractivity contribution in [3.05, 3.63) is 71.8 Å². The van der Waals surface area contributed by atoms with Crippen LogP contribution >= 0.6 is 0 Å². The van der Waals surface area contributed by atoms with Crippen molar-refractivity contribution >= 4 is 15.9 Å². The molecule has 27 heavy (non-hydrogen) atoms.